The molecule has 1 N–H and O–H groups in total. The molecule has 214 valence electrons. The summed E-state index contributed by atoms with van der Waals surface area (Å²) < 4.78 is 5.48. The summed E-state index contributed by atoms with van der Waals surface area (Å²) in [6.07, 6.45) is 5.07. The standard InChI is InChI=1S/C33H39N5O3/c1-20-14-22(8-9-25(20)32(40)37(6)7)26-17-34-31-30(26)36-28(18-35-31)24-15-21(2)27-19-38(12-10-23(27)16-24)13-11-29(39)41-33(3,4)5/h8-9,14-18H,10-13,19H2,1-7H3,(H,34,35). The monoisotopic (exact) mass is 553 g/mol. The Balaban J connectivity index is 1.38. The van der Waals surface area contributed by atoms with Crippen LogP contribution in [0.3, 0.4) is 0 Å². The highest BCUT2D eigenvalue weighted by Gasteiger charge is 2.22. The highest BCUT2D eigenvalue weighted by atomic mass is 16.6. The van der Waals surface area contributed by atoms with E-state index in [1.54, 1.807) is 19.0 Å². The molecule has 0 spiro atoms. The second-order valence-corrected chi connectivity index (χ2v) is 12.2. The van der Waals surface area contributed by atoms with Crippen molar-refractivity contribution in [1.82, 2.24) is 24.8 Å². The Bertz CT molecular complexity index is 1630. The Morgan fingerprint density at radius 1 is 1.07 bits per heavy atom. The lowest BCUT2D eigenvalue weighted by Gasteiger charge is -2.30. The van der Waals surface area contributed by atoms with Crippen LogP contribution in [0.25, 0.3) is 33.5 Å². The van der Waals surface area contributed by atoms with E-state index in [0.29, 0.717) is 18.5 Å². The molecule has 0 saturated carbocycles. The van der Waals surface area contributed by atoms with E-state index in [1.165, 1.54) is 16.7 Å². The molecule has 4 aromatic rings. The third-order valence-corrected chi connectivity index (χ3v) is 7.55. The first-order chi connectivity index (χ1) is 19.4. The number of hydrogen-bond acceptors (Lipinski definition) is 6. The van der Waals surface area contributed by atoms with Crippen molar-refractivity contribution in [2.75, 3.05) is 27.2 Å². The first kappa shape index (κ1) is 28.5. The van der Waals surface area contributed by atoms with Gasteiger partial charge in [0.1, 0.15) is 11.1 Å². The van der Waals surface area contributed by atoms with Crippen LogP contribution < -0.4 is 0 Å². The fourth-order valence-electron chi connectivity index (χ4n) is 5.46. The number of amides is 1. The van der Waals surface area contributed by atoms with Gasteiger partial charge >= 0.3 is 5.97 Å². The number of nitrogens with one attached hydrogen (secondary N) is 1. The second kappa shape index (κ2) is 11.1. The molecule has 0 aliphatic carbocycles. The molecule has 2 aromatic carbocycles. The van der Waals surface area contributed by atoms with Crippen molar-refractivity contribution in [3.63, 3.8) is 0 Å². The van der Waals surface area contributed by atoms with Crippen LogP contribution in [0.1, 0.15) is 59.8 Å². The van der Waals surface area contributed by atoms with Crippen molar-refractivity contribution in [3.8, 4) is 22.4 Å². The smallest absolute Gasteiger partial charge is 0.307 e. The minimum absolute atomic E-state index is 0.0102. The fourth-order valence-corrected chi connectivity index (χ4v) is 5.46. The number of fused-ring (bicyclic) bond motifs is 2. The summed E-state index contributed by atoms with van der Waals surface area (Å²) in [6, 6.07) is 10.3. The lowest BCUT2D eigenvalue weighted by Crippen LogP contribution is -2.34. The predicted molar refractivity (Wildman–Crippen MR) is 162 cm³/mol. The zero-order valence-corrected chi connectivity index (χ0v) is 25.1. The van der Waals surface area contributed by atoms with Crippen molar-refractivity contribution in [1.29, 1.82) is 0 Å². The Labute approximate surface area is 241 Å². The lowest BCUT2D eigenvalue weighted by molar-refractivity contribution is -0.155. The van der Waals surface area contributed by atoms with Gasteiger partial charge in [-0.3, -0.25) is 14.5 Å². The maximum atomic E-state index is 12.5. The summed E-state index contributed by atoms with van der Waals surface area (Å²) >= 11 is 0. The fraction of sp³-hybridized carbons (Fsp3) is 0.394. The number of H-pyrrole nitrogens is 1. The van der Waals surface area contributed by atoms with Crippen LogP contribution in [-0.4, -0.2) is 69.4 Å². The molecule has 5 rings (SSSR count). The van der Waals surface area contributed by atoms with Gasteiger partial charge < -0.3 is 14.6 Å². The number of hydrogen-bond donors (Lipinski definition) is 1. The number of aromatic nitrogens is 3. The first-order valence-corrected chi connectivity index (χ1v) is 14.1. The Morgan fingerprint density at radius 2 is 1.83 bits per heavy atom. The van der Waals surface area contributed by atoms with Gasteiger partial charge in [0.2, 0.25) is 0 Å². The molecule has 3 heterocycles. The van der Waals surface area contributed by atoms with Gasteiger partial charge in [0, 0.05) is 56.6 Å². The highest BCUT2D eigenvalue weighted by molar-refractivity contribution is 5.97. The van der Waals surface area contributed by atoms with Gasteiger partial charge in [-0.2, -0.15) is 0 Å². The van der Waals surface area contributed by atoms with Crippen LogP contribution in [0.4, 0.5) is 0 Å². The number of benzene rings is 2. The number of esters is 1. The molecule has 0 saturated heterocycles. The number of rotatable bonds is 6. The zero-order valence-electron chi connectivity index (χ0n) is 25.1. The van der Waals surface area contributed by atoms with Crippen molar-refractivity contribution in [3.05, 3.63) is 70.5 Å². The minimum Gasteiger partial charge on any atom is -0.460 e. The molecular weight excluding hydrogens is 514 g/mol. The second-order valence-electron chi connectivity index (χ2n) is 12.2. The normalized spacial score (nSPS) is 13.7. The van der Waals surface area contributed by atoms with E-state index in [2.05, 4.69) is 33.9 Å². The quantitative estimate of drug-likeness (QED) is 0.308. The average molecular weight is 554 g/mol. The summed E-state index contributed by atoms with van der Waals surface area (Å²) in [5, 5.41) is 0. The van der Waals surface area contributed by atoms with E-state index in [4.69, 9.17) is 9.72 Å². The molecule has 41 heavy (non-hydrogen) atoms. The van der Waals surface area contributed by atoms with Crippen molar-refractivity contribution < 1.29 is 14.3 Å². The summed E-state index contributed by atoms with van der Waals surface area (Å²) in [5.74, 6) is -0.161. The summed E-state index contributed by atoms with van der Waals surface area (Å²) in [6.45, 7) is 12.2. The van der Waals surface area contributed by atoms with Crippen LogP contribution in [0, 0.1) is 13.8 Å². The number of carbonyl (C=O) groups is 2. The molecule has 0 fully saturated rings. The molecule has 8 heteroatoms. The Kier molecular flexibility index (Phi) is 7.70. The summed E-state index contributed by atoms with van der Waals surface area (Å²) in [5.41, 5.74) is 10.4. The van der Waals surface area contributed by atoms with Gasteiger partial charge in [-0.15, -0.1) is 0 Å². The van der Waals surface area contributed by atoms with Crippen LogP contribution >= 0.6 is 0 Å². The van der Waals surface area contributed by atoms with Crippen molar-refractivity contribution in [2.45, 2.75) is 59.6 Å². The largest absolute Gasteiger partial charge is 0.460 e. The van der Waals surface area contributed by atoms with Gasteiger partial charge in [-0.25, -0.2) is 9.97 Å². The van der Waals surface area contributed by atoms with E-state index >= 15 is 0 Å². The minimum atomic E-state index is -0.457. The van der Waals surface area contributed by atoms with Gasteiger partial charge in [-0.1, -0.05) is 12.1 Å². The molecule has 2 aromatic heterocycles. The van der Waals surface area contributed by atoms with Crippen molar-refractivity contribution in [2.24, 2.45) is 0 Å². The van der Waals surface area contributed by atoms with Crippen LogP contribution in [0.5, 0.6) is 0 Å². The van der Waals surface area contributed by atoms with E-state index in [0.717, 1.165) is 58.6 Å². The van der Waals surface area contributed by atoms with E-state index in [1.807, 2.05) is 58.3 Å². The molecule has 0 atom stereocenters. The summed E-state index contributed by atoms with van der Waals surface area (Å²) in [7, 11) is 3.52. The van der Waals surface area contributed by atoms with Crippen LogP contribution in [0.15, 0.2) is 42.7 Å². The molecule has 8 nitrogen and oxygen atoms in total. The topological polar surface area (TPSA) is 91.4 Å². The molecule has 1 amide bonds. The van der Waals surface area contributed by atoms with E-state index in [9.17, 15) is 9.59 Å². The van der Waals surface area contributed by atoms with Gasteiger partial charge in [0.05, 0.1) is 18.3 Å². The molecule has 1 aliphatic heterocycles. The Morgan fingerprint density at radius 3 is 2.54 bits per heavy atom. The third-order valence-electron chi connectivity index (χ3n) is 7.55. The molecule has 1 aliphatic rings. The van der Waals surface area contributed by atoms with Gasteiger partial charge in [-0.05, 0) is 87.1 Å². The SMILES string of the molecule is Cc1cc(-c2c[nH]c3ncc(-c4cc(C)c5c(c4)CCN(CCC(=O)OC(C)(C)C)C5)nc23)ccc1C(=O)N(C)C. The van der Waals surface area contributed by atoms with Gasteiger partial charge in [0.25, 0.3) is 5.91 Å². The molecule has 0 unspecified atom stereocenters. The third kappa shape index (κ3) is 6.17. The van der Waals surface area contributed by atoms with E-state index < -0.39 is 5.60 Å². The first-order valence-electron chi connectivity index (χ1n) is 14.1. The average Bonchev–Trinajstić information content (AvgIpc) is 3.34. The summed E-state index contributed by atoms with van der Waals surface area (Å²) in [4.78, 5) is 41.6. The van der Waals surface area contributed by atoms with Crippen molar-refractivity contribution >= 4 is 23.0 Å². The maximum absolute atomic E-state index is 12.5. The van der Waals surface area contributed by atoms with Gasteiger partial charge in [0.15, 0.2) is 5.65 Å². The van der Waals surface area contributed by atoms with Crippen LogP contribution in [-0.2, 0) is 22.5 Å². The highest BCUT2D eigenvalue weighted by Crippen LogP contribution is 2.32. The molecule has 0 radical (unpaired) electrons. The molecular formula is C33H39N5O3. The number of aromatic amines is 1. The molecule has 0 bridgehead atoms. The Hall–Kier alpha value is -4.04. The number of carbonyl (C=O) groups excluding carboxylic acids is 2. The number of aryl methyl sites for hydroxylation is 2. The zero-order chi connectivity index (χ0) is 29.5. The maximum Gasteiger partial charge on any atom is 0.307 e. The number of nitrogens with zero attached hydrogens (tertiary/aromatic N) is 4. The predicted octanol–water partition coefficient (Wildman–Crippen LogP) is 5.70. The number of ether oxygens (including phenoxy) is 1. The van der Waals surface area contributed by atoms with Crippen LogP contribution in [0.2, 0.25) is 0 Å². The lowest BCUT2D eigenvalue weighted by atomic mass is 9.92. The van der Waals surface area contributed by atoms with E-state index in [-0.39, 0.29) is 11.9 Å².